The fourth-order valence-electron chi connectivity index (χ4n) is 4.81. The minimum atomic E-state index is -0.684. The van der Waals surface area contributed by atoms with Crippen LogP contribution in [0.5, 0.6) is 17.2 Å². The predicted molar refractivity (Wildman–Crippen MR) is 147 cm³/mol. The average molecular weight is 526 g/mol. The standard InChI is InChI=1S/C30H31N5O4/c1-2-38-26-8-3-4-9-27(26)39-24-7-5-6-22(17-24)25-18-31-19-28(34-25)35-30-32-15-14-23(33-30)16-20-10-12-21(13-11-20)29(36)37/h3-9,14-15,17-21H,2,10-13,16H2,1H3,(H,36,37)(H,32,33,34,35). The smallest absolute Gasteiger partial charge is 0.306 e. The van der Waals surface area contributed by atoms with Crippen LogP contribution < -0.4 is 14.8 Å². The number of nitrogens with zero attached hydrogens (tertiary/aromatic N) is 4. The van der Waals surface area contributed by atoms with Gasteiger partial charge >= 0.3 is 5.97 Å². The summed E-state index contributed by atoms with van der Waals surface area (Å²) in [5.41, 5.74) is 2.45. The van der Waals surface area contributed by atoms with Crippen LogP contribution in [-0.2, 0) is 11.2 Å². The molecule has 2 heterocycles. The number of aliphatic carboxylic acids is 1. The van der Waals surface area contributed by atoms with Gasteiger partial charge in [-0.15, -0.1) is 0 Å². The minimum absolute atomic E-state index is 0.215. The van der Waals surface area contributed by atoms with Crippen molar-refractivity contribution in [3.05, 3.63) is 78.9 Å². The molecule has 200 valence electrons. The van der Waals surface area contributed by atoms with Gasteiger partial charge in [-0.2, -0.15) is 0 Å². The second kappa shape index (κ2) is 12.3. The highest BCUT2D eigenvalue weighted by atomic mass is 16.5. The SMILES string of the molecule is CCOc1ccccc1Oc1cccc(-c2cncc(Nc3nccc(CC4CCC(C(=O)O)CC4)n3)n2)c1. The van der Waals surface area contributed by atoms with Crippen LogP contribution in [0.15, 0.2) is 73.2 Å². The molecular formula is C30H31N5O4. The number of carbonyl (C=O) groups is 1. The molecule has 0 atom stereocenters. The molecule has 1 fully saturated rings. The summed E-state index contributed by atoms with van der Waals surface area (Å²) >= 11 is 0. The molecule has 9 nitrogen and oxygen atoms in total. The highest BCUT2D eigenvalue weighted by Crippen LogP contribution is 2.33. The Morgan fingerprint density at radius 2 is 1.82 bits per heavy atom. The molecule has 0 unspecified atom stereocenters. The maximum atomic E-state index is 11.2. The first-order valence-corrected chi connectivity index (χ1v) is 13.2. The van der Waals surface area contributed by atoms with Gasteiger partial charge in [0.05, 0.1) is 30.6 Å². The molecule has 2 N–H and O–H groups in total. The zero-order chi connectivity index (χ0) is 27.0. The molecular weight excluding hydrogens is 494 g/mol. The number of carboxylic acids is 1. The van der Waals surface area contributed by atoms with E-state index < -0.39 is 5.97 Å². The summed E-state index contributed by atoms with van der Waals surface area (Å²) < 4.78 is 11.8. The molecule has 0 saturated heterocycles. The van der Waals surface area contributed by atoms with Gasteiger partial charge in [0.15, 0.2) is 17.3 Å². The fourth-order valence-corrected chi connectivity index (χ4v) is 4.81. The monoisotopic (exact) mass is 525 g/mol. The lowest BCUT2D eigenvalue weighted by Gasteiger charge is -2.25. The van der Waals surface area contributed by atoms with E-state index >= 15 is 0 Å². The van der Waals surface area contributed by atoms with Crippen molar-refractivity contribution in [2.75, 3.05) is 11.9 Å². The first kappa shape index (κ1) is 26.1. The number of carboxylic acid groups (broad SMARTS) is 1. The lowest BCUT2D eigenvalue weighted by Crippen LogP contribution is -2.22. The molecule has 1 aliphatic rings. The van der Waals surface area contributed by atoms with E-state index in [-0.39, 0.29) is 5.92 Å². The Labute approximate surface area is 227 Å². The zero-order valence-electron chi connectivity index (χ0n) is 21.8. The van der Waals surface area contributed by atoms with Crippen LogP contribution in [0.1, 0.15) is 38.3 Å². The van der Waals surface area contributed by atoms with E-state index in [1.807, 2.05) is 61.5 Å². The molecule has 0 radical (unpaired) electrons. The number of ether oxygens (including phenoxy) is 2. The largest absolute Gasteiger partial charge is 0.490 e. The van der Waals surface area contributed by atoms with Gasteiger partial charge in [-0.25, -0.2) is 15.0 Å². The first-order valence-electron chi connectivity index (χ1n) is 13.2. The van der Waals surface area contributed by atoms with Crippen LogP contribution in [0.3, 0.4) is 0 Å². The molecule has 1 aliphatic carbocycles. The predicted octanol–water partition coefficient (Wildman–Crippen LogP) is 6.30. The quantitative estimate of drug-likeness (QED) is 0.246. The lowest BCUT2D eigenvalue weighted by atomic mass is 9.80. The maximum Gasteiger partial charge on any atom is 0.306 e. The minimum Gasteiger partial charge on any atom is -0.490 e. The topological polar surface area (TPSA) is 119 Å². The highest BCUT2D eigenvalue weighted by molar-refractivity contribution is 5.70. The average Bonchev–Trinajstić information content (AvgIpc) is 2.95. The van der Waals surface area contributed by atoms with Gasteiger partial charge in [0, 0.05) is 17.5 Å². The third-order valence-corrected chi connectivity index (χ3v) is 6.79. The molecule has 0 bridgehead atoms. The number of aromatic nitrogens is 4. The molecule has 1 saturated carbocycles. The highest BCUT2D eigenvalue weighted by Gasteiger charge is 2.26. The summed E-state index contributed by atoms with van der Waals surface area (Å²) in [6, 6.07) is 17.1. The van der Waals surface area contributed by atoms with Crippen LogP contribution in [0, 0.1) is 11.8 Å². The van der Waals surface area contributed by atoms with Crippen LogP contribution >= 0.6 is 0 Å². The Hall–Kier alpha value is -4.53. The second-order valence-corrected chi connectivity index (χ2v) is 9.56. The van der Waals surface area contributed by atoms with E-state index in [9.17, 15) is 9.90 Å². The number of hydrogen-bond donors (Lipinski definition) is 2. The van der Waals surface area contributed by atoms with Crippen molar-refractivity contribution in [3.63, 3.8) is 0 Å². The van der Waals surface area contributed by atoms with Crippen molar-refractivity contribution in [2.24, 2.45) is 11.8 Å². The van der Waals surface area contributed by atoms with Crippen LogP contribution in [0.2, 0.25) is 0 Å². The Morgan fingerprint density at radius 1 is 1.00 bits per heavy atom. The summed E-state index contributed by atoms with van der Waals surface area (Å²) in [7, 11) is 0. The number of nitrogens with one attached hydrogen (secondary N) is 1. The van der Waals surface area contributed by atoms with Gasteiger partial charge in [0.2, 0.25) is 5.95 Å². The summed E-state index contributed by atoms with van der Waals surface area (Å²) in [5.74, 6) is 2.50. The fraction of sp³-hybridized carbons (Fsp3) is 0.300. The Morgan fingerprint density at radius 3 is 2.62 bits per heavy atom. The molecule has 9 heteroatoms. The van der Waals surface area contributed by atoms with E-state index in [1.165, 1.54) is 0 Å². The number of hydrogen-bond acceptors (Lipinski definition) is 8. The number of benzene rings is 2. The molecule has 0 amide bonds. The van der Waals surface area contributed by atoms with Crippen LogP contribution in [0.4, 0.5) is 11.8 Å². The van der Waals surface area contributed by atoms with Crippen molar-refractivity contribution in [2.45, 2.75) is 39.0 Å². The number of para-hydroxylation sites is 2. The van der Waals surface area contributed by atoms with Gasteiger partial charge in [-0.05, 0) is 75.3 Å². The summed E-state index contributed by atoms with van der Waals surface area (Å²) in [5, 5.41) is 12.4. The van der Waals surface area contributed by atoms with Crippen molar-refractivity contribution >= 4 is 17.7 Å². The van der Waals surface area contributed by atoms with Crippen molar-refractivity contribution in [1.82, 2.24) is 19.9 Å². The number of rotatable bonds is 10. The molecule has 39 heavy (non-hydrogen) atoms. The maximum absolute atomic E-state index is 11.2. The van der Waals surface area contributed by atoms with Gasteiger partial charge in [0.1, 0.15) is 5.75 Å². The first-order chi connectivity index (χ1) is 19.1. The summed E-state index contributed by atoms with van der Waals surface area (Å²) in [6.07, 6.45) is 9.11. The van der Waals surface area contributed by atoms with E-state index in [4.69, 9.17) is 14.5 Å². The molecule has 4 aromatic rings. The van der Waals surface area contributed by atoms with Crippen LogP contribution in [-0.4, -0.2) is 37.6 Å². The van der Waals surface area contributed by atoms with E-state index in [0.29, 0.717) is 47.2 Å². The summed E-state index contributed by atoms with van der Waals surface area (Å²) in [4.78, 5) is 29.3. The Bertz CT molecular complexity index is 1420. The molecule has 0 spiro atoms. The van der Waals surface area contributed by atoms with Gasteiger partial charge in [-0.1, -0.05) is 24.3 Å². The van der Waals surface area contributed by atoms with Gasteiger partial charge in [0.25, 0.3) is 0 Å². The normalized spacial score (nSPS) is 16.8. The van der Waals surface area contributed by atoms with E-state index in [0.717, 1.165) is 43.4 Å². The molecule has 0 aliphatic heterocycles. The van der Waals surface area contributed by atoms with Gasteiger partial charge < -0.3 is 19.9 Å². The Kier molecular flexibility index (Phi) is 8.26. The third kappa shape index (κ3) is 6.87. The second-order valence-electron chi connectivity index (χ2n) is 9.56. The zero-order valence-corrected chi connectivity index (χ0v) is 21.8. The molecule has 5 rings (SSSR count). The van der Waals surface area contributed by atoms with Gasteiger partial charge in [-0.3, -0.25) is 9.78 Å². The van der Waals surface area contributed by atoms with E-state index in [2.05, 4.69) is 20.3 Å². The van der Waals surface area contributed by atoms with E-state index in [1.54, 1.807) is 18.6 Å². The third-order valence-electron chi connectivity index (χ3n) is 6.79. The number of anilines is 2. The van der Waals surface area contributed by atoms with Crippen molar-refractivity contribution < 1.29 is 19.4 Å². The summed E-state index contributed by atoms with van der Waals surface area (Å²) in [6.45, 7) is 2.49. The molecule has 2 aromatic heterocycles. The lowest BCUT2D eigenvalue weighted by molar-refractivity contribution is -0.143. The molecule has 2 aromatic carbocycles. The van der Waals surface area contributed by atoms with Crippen molar-refractivity contribution in [3.8, 4) is 28.5 Å². The van der Waals surface area contributed by atoms with Crippen LogP contribution in [0.25, 0.3) is 11.3 Å². The van der Waals surface area contributed by atoms with Crippen molar-refractivity contribution in [1.29, 1.82) is 0 Å². The Balaban J connectivity index is 1.26.